The van der Waals surface area contributed by atoms with Crippen LogP contribution in [0, 0.1) is 6.92 Å². The first kappa shape index (κ1) is 16.1. The summed E-state index contributed by atoms with van der Waals surface area (Å²) in [5.74, 6) is -0.651. The van der Waals surface area contributed by atoms with Crippen LogP contribution in [0.15, 0.2) is 47.8 Å². The maximum Gasteiger partial charge on any atom is 0.280 e. The Kier molecular flexibility index (Phi) is 4.07. The normalized spacial score (nSPS) is 20.1. The van der Waals surface area contributed by atoms with Gasteiger partial charge in [0.05, 0.1) is 5.56 Å². The lowest BCUT2D eigenvalue weighted by Gasteiger charge is -2.31. The Morgan fingerprint density at radius 2 is 2.12 bits per heavy atom. The molecule has 1 atom stereocenters. The minimum atomic E-state index is -1.60. The maximum atomic E-state index is 12.9. The number of phenolic OH excluding ortho intramolecular Hbond substituents is 1. The van der Waals surface area contributed by atoms with Gasteiger partial charge in [0.1, 0.15) is 5.75 Å². The van der Waals surface area contributed by atoms with Crippen molar-refractivity contribution in [3.05, 3.63) is 59.4 Å². The highest BCUT2D eigenvalue weighted by Gasteiger charge is 2.46. The third-order valence-electron chi connectivity index (χ3n) is 4.23. The van der Waals surface area contributed by atoms with Gasteiger partial charge in [0.2, 0.25) is 0 Å². The van der Waals surface area contributed by atoms with Gasteiger partial charge in [-0.3, -0.25) is 9.78 Å². The van der Waals surface area contributed by atoms with Crippen molar-refractivity contribution in [1.29, 1.82) is 0 Å². The van der Waals surface area contributed by atoms with Crippen molar-refractivity contribution in [3.8, 4) is 5.75 Å². The van der Waals surface area contributed by atoms with E-state index in [-0.39, 0.29) is 17.7 Å². The third-order valence-corrected chi connectivity index (χ3v) is 4.23. The molecular weight excluding hydrogens is 306 g/mol. The molecule has 2 heterocycles. The summed E-state index contributed by atoms with van der Waals surface area (Å²) in [5, 5.41) is 26.7. The molecule has 1 aromatic carbocycles. The van der Waals surface area contributed by atoms with E-state index in [1.807, 2.05) is 6.92 Å². The van der Waals surface area contributed by atoms with Crippen LogP contribution >= 0.6 is 0 Å². The van der Waals surface area contributed by atoms with Gasteiger partial charge in [-0.15, -0.1) is 0 Å². The van der Waals surface area contributed by atoms with Crippen molar-refractivity contribution < 1.29 is 15.0 Å². The minimum Gasteiger partial charge on any atom is -0.507 e. The molecule has 3 rings (SSSR count). The smallest absolute Gasteiger partial charge is 0.280 e. The number of hydrogen-bond donors (Lipinski definition) is 2. The average Bonchev–Trinajstić information content (AvgIpc) is 2.96. The van der Waals surface area contributed by atoms with E-state index in [1.54, 1.807) is 37.4 Å². The highest BCUT2D eigenvalue weighted by atomic mass is 16.3. The molecule has 1 aromatic heterocycles. The van der Waals surface area contributed by atoms with E-state index in [0.717, 1.165) is 5.01 Å². The number of carbonyl (C=O) groups is 1. The fourth-order valence-electron chi connectivity index (χ4n) is 2.80. The van der Waals surface area contributed by atoms with Crippen molar-refractivity contribution in [2.45, 2.75) is 32.4 Å². The Labute approximate surface area is 140 Å². The van der Waals surface area contributed by atoms with Crippen LogP contribution in [0.1, 0.15) is 41.3 Å². The van der Waals surface area contributed by atoms with E-state index >= 15 is 0 Å². The zero-order chi connectivity index (χ0) is 17.3. The van der Waals surface area contributed by atoms with Gasteiger partial charge in [-0.05, 0) is 31.0 Å². The van der Waals surface area contributed by atoms with Crippen molar-refractivity contribution in [2.75, 3.05) is 0 Å². The number of aromatic nitrogens is 1. The van der Waals surface area contributed by atoms with Gasteiger partial charge in [-0.25, -0.2) is 0 Å². The standard InChI is InChI=1S/C18H19N3O3/c1-3-14-10-18(24,13-7-5-9-19-11-13)21(20-14)17(23)15-8-4-6-12(2)16(15)22/h4-9,11,22,24H,3,10H2,1-2H3/t18-/m0/s1. The predicted molar refractivity (Wildman–Crippen MR) is 89.5 cm³/mol. The number of carbonyl (C=O) groups excluding carboxylic acids is 1. The zero-order valence-electron chi connectivity index (χ0n) is 13.6. The summed E-state index contributed by atoms with van der Waals surface area (Å²) >= 11 is 0. The van der Waals surface area contributed by atoms with Gasteiger partial charge < -0.3 is 10.2 Å². The summed E-state index contributed by atoms with van der Waals surface area (Å²) in [4.78, 5) is 17.0. The number of amides is 1. The Morgan fingerprint density at radius 3 is 2.79 bits per heavy atom. The van der Waals surface area contributed by atoms with E-state index in [9.17, 15) is 15.0 Å². The van der Waals surface area contributed by atoms with E-state index < -0.39 is 11.6 Å². The number of aryl methyl sites for hydroxylation is 1. The second-order valence-corrected chi connectivity index (χ2v) is 5.84. The number of nitrogens with zero attached hydrogens (tertiary/aromatic N) is 3. The topological polar surface area (TPSA) is 86.0 Å². The number of rotatable bonds is 3. The first-order valence-electron chi connectivity index (χ1n) is 7.79. The monoisotopic (exact) mass is 325 g/mol. The maximum absolute atomic E-state index is 12.9. The van der Waals surface area contributed by atoms with Crippen LogP contribution in [-0.2, 0) is 5.72 Å². The lowest BCUT2D eigenvalue weighted by atomic mass is 9.97. The van der Waals surface area contributed by atoms with Crippen LogP contribution in [0.4, 0.5) is 0 Å². The van der Waals surface area contributed by atoms with Crippen molar-refractivity contribution >= 4 is 11.6 Å². The number of hydrazone groups is 1. The lowest BCUT2D eigenvalue weighted by Crippen LogP contribution is -2.43. The van der Waals surface area contributed by atoms with Crippen molar-refractivity contribution in [1.82, 2.24) is 9.99 Å². The number of benzene rings is 1. The summed E-state index contributed by atoms with van der Waals surface area (Å²) in [6.07, 6.45) is 3.95. The van der Waals surface area contributed by atoms with Crippen molar-refractivity contribution in [2.24, 2.45) is 5.10 Å². The van der Waals surface area contributed by atoms with E-state index in [4.69, 9.17) is 0 Å². The summed E-state index contributed by atoms with van der Waals surface area (Å²) in [6.45, 7) is 3.63. The summed E-state index contributed by atoms with van der Waals surface area (Å²) < 4.78 is 0. The highest BCUT2D eigenvalue weighted by Crippen LogP contribution is 2.38. The molecule has 1 aliphatic heterocycles. The first-order chi connectivity index (χ1) is 11.5. The summed E-state index contributed by atoms with van der Waals surface area (Å²) in [6, 6.07) is 8.32. The molecule has 6 heteroatoms. The van der Waals surface area contributed by atoms with Gasteiger partial charge >= 0.3 is 0 Å². The largest absolute Gasteiger partial charge is 0.507 e. The van der Waals surface area contributed by atoms with E-state index in [1.165, 1.54) is 12.3 Å². The van der Waals surface area contributed by atoms with Gasteiger partial charge in [0.25, 0.3) is 5.91 Å². The van der Waals surface area contributed by atoms with Crippen LogP contribution in [0.25, 0.3) is 0 Å². The Morgan fingerprint density at radius 1 is 1.33 bits per heavy atom. The number of phenols is 1. The number of hydrogen-bond acceptors (Lipinski definition) is 5. The molecule has 0 spiro atoms. The molecule has 6 nitrogen and oxygen atoms in total. The molecule has 0 bridgehead atoms. The second-order valence-electron chi connectivity index (χ2n) is 5.84. The molecule has 0 radical (unpaired) electrons. The van der Waals surface area contributed by atoms with Gasteiger partial charge in [-0.1, -0.05) is 25.1 Å². The van der Waals surface area contributed by atoms with E-state index in [2.05, 4.69) is 10.1 Å². The SMILES string of the molecule is CCC1=NN(C(=O)c2cccc(C)c2O)[C@@](O)(c2cccnc2)C1. The Balaban J connectivity index is 2.07. The second kappa shape index (κ2) is 6.05. The average molecular weight is 325 g/mol. The fraction of sp³-hybridized carbons (Fsp3) is 0.278. The van der Waals surface area contributed by atoms with Crippen LogP contribution in [0.3, 0.4) is 0 Å². The molecule has 124 valence electrons. The van der Waals surface area contributed by atoms with Gasteiger partial charge in [-0.2, -0.15) is 10.1 Å². The molecule has 0 saturated heterocycles. The molecule has 0 fully saturated rings. The summed E-state index contributed by atoms with van der Waals surface area (Å²) in [5.41, 5.74) is 0.287. The third kappa shape index (κ3) is 2.55. The molecule has 0 aliphatic carbocycles. The summed E-state index contributed by atoms with van der Waals surface area (Å²) in [7, 11) is 0. The number of para-hydroxylation sites is 1. The van der Waals surface area contributed by atoms with Crippen LogP contribution in [0.2, 0.25) is 0 Å². The van der Waals surface area contributed by atoms with E-state index in [0.29, 0.717) is 23.3 Å². The zero-order valence-corrected chi connectivity index (χ0v) is 13.6. The highest BCUT2D eigenvalue weighted by molar-refractivity contribution is 6.00. The quantitative estimate of drug-likeness (QED) is 0.908. The van der Waals surface area contributed by atoms with Crippen LogP contribution in [-0.4, -0.2) is 31.8 Å². The van der Waals surface area contributed by atoms with Crippen LogP contribution in [0.5, 0.6) is 5.75 Å². The molecule has 2 aromatic rings. The van der Waals surface area contributed by atoms with Gasteiger partial charge in [0, 0.05) is 30.1 Å². The Bertz CT molecular complexity index is 804. The molecule has 0 saturated carbocycles. The minimum absolute atomic E-state index is 0.101. The number of aromatic hydroxyl groups is 1. The molecule has 1 amide bonds. The number of pyridine rings is 1. The lowest BCUT2D eigenvalue weighted by molar-refractivity contribution is -0.0768. The first-order valence-corrected chi connectivity index (χ1v) is 7.79. The van der Waals surface area contributed by atoms with Gasteiger partial charge in [0.15, 0.2) is 5.72 Å². The molecular formula is C18H19N3O3. The van der Waals surface area contributed by atoms with Crippen LogP contribution < -0.4 is 0 Å². The fourth-order valence-corrected chi connectivity index (χ4v) is 2.80. The predicted octanol–water partition coefficient (Wildman–Crippen LogP) is 2.55. The van der Waals surface area contributed by atoms with Crippen molar-refractivity contribution in [3.63, 3.8) is 0 Å². The molecule has 2 N–H and O–H groups in total. The molecule has 1 aliphatic rings. The number of aliphatic hydroxyl groups is 1. The molecule has 0 unspecified atom stereocenters. The molecule has 24 heavy (non-hydrogen) atoms. The Hall–Kier alpha value is -2.73.